The van der Waals surface area contributed by atoms with E-state index in [9.17, 15) is 0 Å². The first-order valence-electron chi connectivity index (χ1n) is 7.45. The summed E-state index contributed by atoms with van der Waals surface area (Å²) in [6.45, 7) is 4.89. The second-order valence-corrected chi connectivity index (χ2v) is 5.99. The summed E-state index contributed by atoms with van der Waals surface area (Å²) >= 11 is 6.34. The zero-order valence-corrected chi connectivity index (χ0v) is 13.2. The second kappa shape index (κ2) is 7.30. The highest BCUT2D eigenvalue weighted by Gasteiger charge is 2.27. The Morgan fingerprint density at radius 2 is 2.25 bits per heavy atom. The van der Waals surface area contributed by atoms with Crippen LogP contribution in [0, 0.1) is 5.92 Å². The molecular weight excluding hydrogens is 272 g/mol. The fraction of sp³-hybridized carbons (Fsp3) is 0.625. The standard InChI is InChI=1S/C16H25ClN2O/c1-3-12-7-8-19(13(9-12)10-18)11-14-15(17)5-4-6-16(14)20-2/h4-6,12-13H,3,7-11,18H2,1-2H3. The molecule has 1 heterocycles. The van der Waals surface area contributed by atoms with Gasteiger partial charge in [0.25, 0.3) is 0 Å². The van der Waals surface area contributed by atoms with Gasteiger partial charge in [-0.2, -0.15) is 0 Å². The number of hydrogen-bond acceptors (Lipinski definition) is 3. The van der Waals surface area contributed by atoms with E-state index in [4.69, 9.17) is 22.1 Å². The Bertz CT molecular complexity index is 438. The smallest absolute Gasteiger partial charge is 0.124 e. The molecule has 0 aliphatic carbocycles. The van der Waals surface area contributed by atoms with Gasteiger partial charge in [-0.25, -0.2) is 0 Å². The SMILES string of the molecule is CCC1CCN(Cc2c(Cl)cccc2OC)C(CN)C1. The fourth-order valence-corrected chi connectivity index (χ4v) is 3.32. The van der Waals surface area contributed by atoms with Crippen molar-refractivity contribution in [3.05, 3.63) is 28.8 Å². The number of rotatable bonds is 5. The minimum atomic E-state index is 0.453. The molecule has 0 spiro atoms. The molecule has 2 rings (SSSR count). The van der Waals surface area contributed by atoms with Crippen LogP contribution in [-0.4, -0.2) is 31.1 Å². The lowest BCUT2D eigenvalue weighted by molar-refractivity contribution is 0.106. The number of hydrogen-bond donors (Lipinski definition) is 1. The molecule has 0 radical (unpaired) electrons. The number of halogens is 1. The fourth-order valence-electron chi connectivity index (χ4n) is 3.09. The van der Waals surface area contributed by atoms with Crippen molar-refractivity contribution in [1.82, 2.24) is 4.90 Å². The predicted octanol–water partition coefficient (Wildman–Crippen LogP) is 3.30. The van der Waals surface area contributed by atoms with E-state index in [-0.39, 0.29) is 0 Å². The van der Waals surface area contributed by atoms with Crippen molar-refractivity contribution in [1.29, 1.82) is 0 Å². The zero-order valence-electron chi connectivity index (χ0n) is 12.4. The van der Waals surface area contributed by atoms with Gasteiger partial charge in [-0.1, -0.05) is 31.0 Å². The van der Waals surface area contributed by atoms with Gasteiger partial charge in [0.05, 0.1) is 7.11 Å². The number of ether oxygens (including phenoxy) is 1. The molecule has 2 N–H and O–H groups in total. The van der Waals surface area contributed by atoms with Crippen LogP contribution in [0.2, 0.25) is 5.02 Å². The molecule has 0 bridgehead atoms. The van der Waals surface area contributed by atoms with Crippen molar-refractivity contribution >= 4 is 11.6 Å². The first-order chi connectivity index (χ1) is 9.69. The highest BCUT2D eigenvalue weighted by molar-refractivity contribution is 6.31. The van der Waals surface area contributed by atoms with Crippen LogP contribution in [0.15, 0.2) is 18.2 Å². The molecule has 0 saturated carbocycles. The van der Waals surface area contributed by atoms with Crippen molar-refractivity contribution in [3.8, 4) is 5.75 Å². The Hall–Kier alpha value is -0.770. The number of nitrogens with zero attached hydrogens (tertiary/aromatic N) is 1. The number of benzene rings is 1. The highest BCUT2D eigenvalue weighted by Crippen LogP contribution is 2.31. The van der Waals surface area contributed by atoms with Gasteiger partial charge < -0.3 is 10.5 Å². The Labute approximate surface area is 127 Å². The molecule has 20 heavy (non-hydrogen) atoms. The molecule has 112 valence electrons. The van der Waals surface area contributed by atoms with Crippen LogP contribution in [-0.2, 0) is 6.54 Å². The van der Waals surface area contributed by atoms with Gasteiger partial charge in [-0.15, -0.1) is 0 Å². The highest BCUT2D eigenvalue weighted by atomic mass is 35.5. The van der Waals surface area contributed by atoms with Crippen LogP contribution in [0.3, 0.4) is 0 Å². The molecule has 0 amide bonds. The van der Waals surface area contributed by atoms with E-state index in [0.717, 1.165) is 35.3 Å². The number of piperidine rings is 1. The van der Waals surface area contributed by atoms with E-state index >= 15 is 0 Å². The van der Waals surface area contributed by atoms with Crippen LogP contribution in [0.1, 0.15) is 31.7 Å². The van der Waals surface area contributed by atoms with Gasteiger partial charge in [-0.05, 0) is 37.4 Å². The average Bonchev–Trinajstić information content (AvgIpc) is 2.49. The van der Waals surface area contributed by atoms with Gasteiger partial charge in [0.2, 0.25) is 0 Å². The monoisotopic (exact) mass is 296 g/mol. The molecule has 1 aromatic carbocycles. The van der Waals surface area contributed by atoms with Crippen LogP contribution >= 0.6 is 11.6 Å². The minimum absolute atomic E-state index is 0.453. The first-order valence-corrected chi connectivity index (χ1v) is 7.82. The lowest BCUT2D eigenvalue weighted by Crippen LogP contribution is -2.46. The van der Waals surface area contributed by atoms with Crippen molar-refractivity contribution in [3.63, 3.8) is 0 Å². The van der Waals surface area contributed by atoms with Gasteiger partial charge in [0.15, 0.2) is 0 Å². The minimum Gasteiger partial charge on any atom is -0.496 e. The maximum atomic E-state index is 6.34. The van der Waals surface area contributed by atoms with Crippen LogP contribution in [0.4, 0.5) is 0 Å². The van der Waals surface area contributed by atoms with Crippen molar-refractivity contribution in [2.24, 2.45) is 11.7 Å². The third-order valence-electron chi connectivity index (χ3n) is 4.45. The maximum Gasteiger partial charge on any atom is 0.124 e. The normalized spacial score (nSPS) is 23.8. The summed E-state index contributed by atoms with van der Waals surface area (Å²) in [5.41, 5.74) is 7.04. The van der Waals surface area contributed by atoms with E-state index < -0.39 is 0 Å². The topological polar surface area (TPSA) is 38.5 Å². The molecule has 1 aliphatic heterocycles. The number of likely N-dealkylation sites (tertiary alicyclic amines) is 1. The summed E-state index contributed by atoms with van der Waals surface area (Å²) < 4.78 is 5.44. The van der Waals surface area contributed by atoms with E-state index in [1.165, 1.54) is 19.3 Å². The van der Waals surface area contributed by atoms with E-state index in [1.807, 2.05) is 18.2 Å². The Morgan fingerprint density at radius 3 is 2.90 bits per heavy atom. The van der Waals surface area contributed by atoms with Gasteiger partial charge in [0, 0.05) is 29.7 Å². The summed E-state index contributed by atoms with van der Waals surface area (Å²) in [7, 11) is 1.69. The Morgan fingerprint density at radius 1 is 1.45 bits per heavy atom. The Kier molecular flexibility index (Phi) is 5.70. The maximum absolute atomic E-state index is 6.34. The van der Waals surface area contributed by atoms with Crippen LogP contribution in [0.25, 0.3) is 0 Å². The van der Waals surface area contributed by atoms with E-state index in [2.05, 4.69) is 11.8 Å². The van der Waals surface area contributed by atoms with Crippen molar-refractivity contribution in [2.45, 2.75) is 38.8 Å². The van der Waals surface area contributed by atoms with Crippen LogP contribution < -0.4 is 10.5 Å². The van der Waals surface area contributed by atoms with Gasteiger partial charge in [-0.3, -0.25) is 4.90 Å². The summed E-state index contributed by atoms with van der Waals surface area (Å²) in [6.07, 6.45) is 3.69. The lowest BCUT2D eigenvalue weighted by atomic mass is 9.88. The van der Waals surface area contributed by atoms with Crippen LogP contribution in [0.5, 0.6) is 5.75 Å². The summed E-state index contributed by atoms with van der Waals surface area (Å²) in [4.78, 5) is 2.45. The van der Waals surface area contributed by atoms with Crippen molar-refractivity contribution in [2.75, 3.05) is 20.2 Å². The summed E-state index contributed by atoms with van der Waals surface area (Å²) in [6, 6.07) is 6.27. The molecule has 1 aliphatic rings. The quantitative estimate of drug-likeness (QED) is 0.906. The molecule has 0 aromatic heterocycles. The molecule has 2 unspecified atom stereocenters. The second-order valence-electron chi connectivity index (χ2n) is 5.58. The van der Waals surface area contributed by atoms with E-state index in [0.29, 0.717) is 12.6 Å². The van der Waals surface area contributed by atoms with Gasteiger partial charge >= 0.3 is 0 Å². The molecular formula is C16H25ClN2O. The lowest BCUT2D eigenvalue weighted by Gasteiger charge is -2.39. The average molecular weight is 297 g/mol. The molecule has 1 fully saturated rings. The molecule has 1 aromatic rings. The zero-order chi connectivity index (χ0) is 14.5. The Balaban J connectivity index is 2.13. The summed E-state index contributed by atoms with van der Waals surface area (Å²) in [5, 5.41) is 0.776. The molecule has 2 atom stereocenters. The first kappa shape index (κ1) is 15.6. The largest absolute Gasteiger partial charge is 0.496 e. The van der Waals surface area contributed by atoms with Gasteiger partial charge in [0.1, 0.15) is 5.75 Å². The van der Waals surface area contributed by atoms with E-state index in [1.54, 1.807) is 7.11 Å². The molecule has 1 saturated heterocycles. The number of nitrogens with two attached hydrogens (primary N) is 1. The third kappa shape index (κ3) is 3.46. The summed E-state index contributed by atoms with van der Waals surface area (Å²) in [5.74, 6) is 1.68. The molecule has 4 heteroatoms. The van der Waals surface area contributed by atoms with Crippen molar-refractivity contribution < 1.29 is 4.74 Å². The molecule has 3 nitrogen and oxygen atoms in total. The predicted molar refractivity (Wildman–Crippen MR) is 84.3 cm³/mol. The third-order valence-corrected chi connectivity index (χ3v) is 4.81. The number of methoxy groups -OCH3 is 1.